The average Bonchev–Trinajstić information content (AvgIpc) is 3.33. The molecule has 0 fully saturated rings. The summed E-state index contributed by atoms with van der Waals surface area (Å²) in [5.41, 5.74) is 5.92. The van der Waals surface area contributed by atoms with Crippen LogP contribution in [0.5, 0.6) is 23.0 Å². The fraction of sp³-hybridized carbons (Fsp3) is 0.333. The van der Waals surface area contributed by atoms with Gasteiger partial charge in [0.1, 0.15) is 25.3 Å². The molecule has 0 aromatic heterocycles. The number of likely N-dealkylation sites (N-methyl/N-ethyl adjacent to an activating group) is 2. The van der Waals surface area contributed by atoms with Crippen LogP contribution in [0.3, 0.4) is 0 Å². The van der Waals surface area contributed by atoms with Gasteiger partial charge in [0.25, 0.3) is 11.8 Å². The van der Waals surface area contributed by atoms with E-state index in [1.807, 2.05) is 48.5 Å². The maximum absolute atomic E-state index is 13.9. The lowest BCUT2D eigenvalue weighted by Gasteiger charge is -2.35. The van der Waals surface area contributed by atoms with Gasteiger partial charge >= 0.3 is 0 Å². The van der Waals surface area contributed by atoms with E-state index in [2.05, 4.69) is 5.32 Å². The Morgan fingerprint density at radius 3 is 1.38 bits per heavy atom. The Hall–Kier alpha value is -6.08. The number of carbonyl (C=O) groups excluding carboxylic acids is 4. The first-order chi connectivity index (χ1) is 26.7. The van der Waals surface area contributed by atoms with Gasteiger partial charge in [0.15, 0.2) is 23.0 Å². The van der Waals surface area contributed by atoms with Crippen molar-refractivity contribution in [1.82, 2.24) is 15.1 Å². The molecule has 0 aliphatic carbocycles. The molecule has 4 heterocycles. The van der Waals surface area contributed by atoms with Crippen LogP contribution in [0, 0.1) is 0 Å². The van der Waals surface area contributed by atoms with Gasteiger partial charge in [-0.3, -0.25) is 19.2 Å². The van der Waals surface area contributed by atoms with Crippen LogP contribution in [-0.4, -0.2) is 100 Å². The summed E-state index contributed by atoms with van der Waals surface area (Å²) in [6.07, 6.45) is 0.916. The number of nitrogens with one attached hydrogen (secondary N) is 1. The molecule has 0 radical (unpaired) electrons. The van der Waals surface area contributed by atoms with Gasteiger partial charge in [-0.15, -0.1) is 0 Å². The molecule has 0 saturated heterocycles. The maximum Gasteiger partial charge on any atom is 0.257 e. The molecule has 4 amide bonds. The molecule has 2 atom stereocenters. The molecular weight excluding hydrogens is 702 g/mol. The van der Waals surface area contributed by atoms with E-state index < -0.39 is 12.1 Å². The molecule has 4 aliphatic rings. The first-order valence-electron chi connectivity index (χ1n) is 18.4. The molecule has 13 heteroatoms. The van der Waals surface area contributed by atoms with Crippen molar-refractivity contribution in [3.8, 4) is 23.0 Å². The van der Waals surface area contributed by atoms with Crippen molar-refractivity contribution >= 4 is 35.0 Å². The van der Waals surface area contributed by atoms with E-state index in [-0.39, 0.29) is 36.8 Å². The van der Waals surface area contributed by atoms with Gasteiger partial charge in [-0.05, 0) is 34.4 Å². The molecule has 0 bridgehead atoms. The van der Waals surface area contributed by atoms with Gasteiger partial charge in [-0.2, -0.15) is 0 Å². The Morgan fingerprint density at radius 2 is 0.982 bits per heavy atom. The van der Waals surface area contributed by atoms with E-state index in [0.717, 1.165) is 22.3 Å². The molecule has 55 heavy (non-hydrogen) atoms. The SMILES string of the molecule is COc1cc2c(cc1OCCNCCOc1cc3c(cc1OC)C(=O)N1Cc4ccccc4C[C@H]1C(=O)N3C)N(C)C(=O)C1Cc3ccccc3CN1C2=O. The minimum atomic E-state index is -0.598. The van der Waals surface area contributed by atoms with E-state index in [4.69, 9.17) is 18.9 Å². The number of methoxy groups -OCH3 is 2. The monoisotopic (exact) mass is 745 g/mol. The molecule has 8 rings (SSSR count). The Morgan fingerprint density at radius 1 is 0.582 bits per heavy atom. The first-order valence-corrected chi connectivity index (χ1v) is 18.4. The molecule has 284 valence electrons. The second-order valence-corrected chi connectivity index (χ2v) is 14.1. The topological polar surface area (TPSA) is 130 Å². The zero-order chi connectivity index (χ0) is 38.4. The molecule has 4 aromatic rings. The van der Waals surface area contributed by atoms with Crippen molar-refractivity contribution in [3.63, 3.8) is 0 Å². The third-order valence-corrected chi connectivity index (χ3v) is 11.1. The number of carbonyl (C=O) groups is 4. The van der Waals surface area contributed by atoms with E-state index in [1.165, 1.54) is 24.0 Å². The maximum atomic E-state index is 13.9. The summed E-state index contributed by atoms with van der Waals surface area (Å²) in [4.78, 5) is 61.5. The lowest BCUT2D eigenvalue weighted by atomic mass is 9.93. The standard InChI is InChI=1S/C42H43N5O8/c1-44-31-21-37(35(52-3)19-29(31)39(48)46-23-27-11-7-5-9-25(27)17-33(46)41(44)50)54-15-13-43-14-16-55-38-22-32-30(20-36(38)53-4)40(49)47-24-28-12-8-6-10-26(28)18-34(47)42(51)45(32)2/h5-12,19-22,33-34,43H,13-18,23-24H2,1-4H3/t33-,34?/m0/s1. The molecule has 13 nitrogen and oxygen atoms in total. The lowest BCUT2D eigenvalue weighted by molar-refractivity contribution is -0.123. The number of fused-ring (bicyclic) bond motifs is 6. The minimum Gasteiger partial charge on any atom is -0.493 e. The van der Waals surface area contributed by atoms with Crippen molar-refractivity contribution in [2.24, 2.45) is 0 Å². The van der Waals surface area contributed by atoms with Gasteiger partial charge in [-0.25, -0.2) is 0 Å². The summed E-state index contributed by atoms with van der Waals surface area (Å²) in [6, 6.07) is 21.3. The number of benzene rings is 4. The molecule has 4 aromatic carbocycles. The molecular formula is C42H43N5O8. The summed E-state index contributed by atoms with van der Waals surface area (Å²) in [5.74, 6) is 0.854. The normalized spacial score (nSPS) is 18.6. The average molecular weight is 746 g/mol. The third kappa shape index (κ3) is 6.37. The van der Waals surface area contributed by atoms with Gasteiger partial charge in [-0.1, -0.05) is 48.5 Å². The van der Waals surface area contributed by atoms with Crippen LogP contribution in [0.15, 0.2) is 72.8 Å². The number of amides is 4. The second kappa shape index (κ2) is 14.6. The van der Waals surface area contributed by atoms with Crippen LogP contribution in [0.1, 0.15) is 43.0 Å². The van der Waals surface area contributed by atoms with Gasteiger partial charge in [0.05, 0.1) is 36.7 Å². The summed E-state index contributed by atoms with van der Waals surface area (Å²) in [5, 5.41) is 3.29. The van der Waals surface area contributed by atoms with Crippen LogP contribution in [-0.2, 0) is 35.5 Å². The zero-order valence-corrected chi connectivity index (χ0v) is 31.3. The van der Waals surface area contributed by atoms with E-state index >= 15 is 0 Å². The van der Waals surface area contributed by atoms with Crippen LogP contribution >= 0.6 is 0 Å². The predicted molar refractivity (Wildman–Crippen MR) is 204 cm³/mol. The Kier molecular flexibility index (Phi) is 9.56. The smallest absolute Gasteiger partial charge is 0.257 e. The number of hydrogen-bond donors (Lipinski definition) is 1. The fourth-order valence-electron chi connectivity index (χ4n) is 8.04. The molecule has 0 saturated carbocycles. The first kappa shape index (κ1) is 35.9. The molecule has 1 N–H and O–H groups in total. The van der Waals surface area contributed by atoms with Crippen LogP contribution in [0.4, 0.5) is 11.4 Å². The van der Waals surface area contributed by atoms with Crippen LogP contribution < -0.4 is 34.1 Å². The number of rotatable bonds is 10. The Bertz CT molecular complexity index is 2050. The van der Waals surface area contributed by atoms with Gasteiger partial charge in [0, 0.05) is 65.2 Å². The number of hydrogen-bond acceptors (Lipinski definition) is 9. The van der Waals surface area contributed by atoms with Crippen LogP contribution in [0.2, 0.25) is 0 Å². The molecule has 4 aliphatic heterocycles. The zero-order valence-electron chi connectivity index (χ0n) is 31.3. The number of anilines is 2. The summed E-state index contributed by atoms with van der Waals surface area (Å²) >= 11 is 0. The van der Waals surface area contributed by atoms with E-state index in [0.29, 0.717) is 84.5 Å². The third-order valence-electron chi connectivity index (χ3n) is 11.1. The number of ether oxygens (including phenoxy) is 4. The van der Waals surface area contributed by atoms with E-state index in [1.54, 1.807) is 48.2 Å². The van der Waals surface area contributed by atoms with Crippen molar-refractivity contribution in [3.05, 3.63) is 106 Å². The van der Waals surface area contributed by atoms with E-state index in [9.17, 15) is 19.2 Å². The summed E-state index contributed by atoms with van der Waals surface area (Å²) in [6.45, 7) is 2.17. The highest BCUT2D eigenvalue weighted by molar-refractivity contribution is 6.12. The van der Waals surface area contributed by atoms with Crippen molar-refractivity contribution < 1.29 is 38.1 Å². The lowest BCUT2D eigenvalue weighted by Crippen LogP contribution is -2.50. The Balaban J connectivity index is 0.895. The highest BCUT2D eigenvalue weighted by Crippen LogP contribution is 2.41. The van der Waals surface area contributed by atoms with Gasteiger partial charge < -0.3 is 43.9 Å². The minimum absolute atomic E-state index is 0.155. The van der Waals surface area contributed by atoms with Gasteiger partial charge in [0.2, 0.25) is 11.8 Å². The molecule has 0 spiro atoms. The highest BCUT2D eigenvalue weighted by atomic mass is 16.5. The quantitative estimate of drug-likeness (QED) is 0.241. The summed E-state index contributed by atoms with van der Waals surface area (Å²) < 4.78 is 23.5. The van der Waals surface area contributed by atoms with Crippen molar-refractivity contribution in [1.29, 1.82) is 0 Å². The largest absolute Gasteiger partial charge is 0.493 e. The number of nitrogens with zero attached hydrogens (tertiary/aromatic N) is 4. The van der Waals surface area contributed by atoms with Crippen LogP contribution in [0.25, 0.3) is 0 Å². The predicted octanol–water partition coefficient (Wildman–Crippen LogP) is 3.84. The highest BCUT2D eigenvalue weighted by Gasteiger charge is 2.43. The fourth-order valence-corrected chi connectivity index (χ4v) is 8.04. The summed E-state index contributed by atoms with van der Waals surface area (Å²) in [7, 11) is 6.41. The second-order valence-electron chi connectivity index (χ2n) is 14.1. The molecule has 1 unspecified atom stereocenters. The van der Waals surface area contributed by atoms with Crippen molar-refractivity contribution in [2.45, 2.75) is 38.0 Å². The van der Waals surface area contributed by atoms with Crippen molar-refractivity contribution in [2.75, 3.05) is 64.4 Å². The Labute approximate surface area is 319 Å².